The fraction of sp³-hybridized carbons (Fsp3) is 0.667. The van der Waals surface area contributed by atoms with Gasteiger partial charge in [0.05, 0.1) is 6.20 Å². The minimum atomic E-state index is -3.13. The zero-order valence-corrected chi connectivity index (χ0v) is 9.44. The average molecular weight is 229 g/mol. The molecule has 1 fully saturated rings. The van der Waals surface area contributed by atoms with E-state index in [0.29, 0.717) is 12.0 Å². The lowest BCUT2D eigenvalue weighted by atomic mass is 9.81. The maximum atomic E-state index is 11.2. The molecule has 2 N–H and O–H groups in total. The molecule has 15 heavy (non-hydrogen) atoms. The van der Waals surface area contributed by atoms with Gasteiger partial charge in [-0.2, -0.15) is 5.10 Å². The minimum Gasteiger partial charge on any atom is -0.328 e. The molecule has 5 nitrogen and oxygen atoms in total. The van der Waals surface area contributed by atoms with Gasteiger partial charge in [-0.3, -0.25) is 4.68 Å². The first-order valence-corrected chi connectivity index (χ1v) is 6.82. The molecule has 1 aliphatic carbocycles. The lowest BCUT2D eigenvalue weighted by Crippen LogP contribution is -2.38. The van der Waals surface area contributed by atoms with Gasteiger partial charge in [0.2, 0.25) is 0 Å². The molecule has 1 aromatic heterocycles. The predicted octanol–water partition coefficient (Wildman–Crippen LogP) is 0.0239. The zero-order chi connectivity index (χ0) is 11.1. The summed E-state index contributed by atoms with van der Waals surface area (Å²) in [4.78, 5) is 0.283. The minimum absolute atomic E-state index is 0.283. The maximum absolute atomic E-state index is 11.2. The monoisotopic (exact) mass is 229 g/mol. The van der Waals surface area contributed by atoms with E-state index in [9.17, 15) is 8.42 Å². The van der Waals surface area contributed by atoms with E-state index in [1.54, 1.807) is 10.9 Å². The van der Waals surface area contributed by atoms with E-state index < -0.39 is 9.84 Å². The number of hydrogen-bond acceptors (Lipinski definition) is 4. The van der Waals surface area contributed by atoms with Gasteiger partial charge >= 0.3 is 0 Å². The van der Waals surface area contributed by atoms with Crippen LogP contribution in [-0.4, -0.2) is 30.5 Å². The van der Waals surface area contributed by atoms with Crippen LogP contribution in [0.25, 0.3) is 0 Å². The highest BCUT2D eigenvalue weighted by Crippen LogP contribution is 2.27. The summed E-state index contributed by atoms with van der Waals surface area (Å²) < 4.78 is 24.1. The lowest BCUT2D eigenvalue weighted by Gasteiger charge is -2.32. The van der Waals surface area contributed by atoms with Crippen molar-refractivity contribution in [2.24, 2.45) is 11.7 Å². The van der Waals surface area contributed by atoms with Crippen LogP contribution in [0.5, 0.6) is 0 Å². The Hall–Kier alpha value is -0.880. The highest BCUT2D eigenvalue weighted by Gasteiger charge is 2.26. The average Bonchev–Trinajstić information content (AvgIpc) is 2.49. The molecule has 0 amide bonds. The smallest absolute Gasteiger partial charge is 0.178 e. The fourth-order valence-electron chi connectivity index (χ4n) is 1.84. The van der Waals surface area contributed by atoms with Crippen LogP contribution >= 0.6 is 0 Å². The second-order valence-electron chi connectivity index (χ2n) is 4.27. The summed E-state index contributed by atoms with van der Waals surface area (Å²) >= 11 is 0. The van der Waals surface area contributed by atoms with Crippen LogP contribution in [0.2, 0.25) is 0 Å². The van der Waals surface area contributed by atoms with Gasteiger partial charge in [0.15, 0.2) is 9.84 Å². The van der Waals surface area contributed by atoms with E-state index in [1.807, 2.05) is 0 Å². The van der Waals surface area contributed by atoms with Crippen molar-refractivity contribution in [3.05, 3.63) is 12.4 Å². The number of aromatic nitrogens is 2. The Morgan fingerprint density at radius 3 is 2.73 bits per heavy atom. The molecule has 1 aromatic rings. The predicted molar refractivity (Wildman–Crippen MR) is 56.0 cm³/mol. The highest BCUT2D eigenvalue weighted by atomic mass is 32.2. The Labute approximate surface area is 89.2 Å². The van der Waals surface area contributed by atoms with Crippen molar-refractivity contribution in [2.75, 3.05) is 6.26 Å². The molecular formula is C9H15N3O2S. The van der Waals surface area contributed by atoms with Crippen LogP contribution in [-0.2, 0) is 16.4 Å². The SMILES string of the molecule is CS(=O)(=O)c1cnn(CC2CC(N)C2)c1. The third kappa shape index (κ3) is 2.38. The molecule has 0 aromatic carbocycles. The Kier molecular flexibility index (Phi) is 2.56. The molecule has 2 rings (SSSR count). The van der Waals surface area contributed by atoms with Crippen LogP contribution in [0.1, 0.15) is 12.8 Å². The van der Waals surface area contributed by atoms with E-state index in [0.717, 1.165) is 19.4 Å². The van der Waals surface area contributed by atoms with E-state index in [1.165, 1.54) is 12.5 Å². The van der Waals surface area contributed by atoms with Crippen LogP contribution in [0.4, 0.5) is 0 Å². The topological polar surface area (TPSA) is 78.0 Å². The molecule has 1 saturated carbocycles. The van der Waals surface area contributed by atoms with Gasteiger partial charge in [0.1, 0.15) is 4.90 Å². The summed E-state index contributed by atoms with van der Waals surface area (Å²) in [5.41, 5.74) is 5.67. The number of nitrogens with two attached hydrogens (primary N) is 1. The first-order valence-electron chi connectivity index (χ1n) is 4.93. The van der Waals surface area contributed by atoms with Crippen LogP contribution in [0.3, 0.4) is 0 Å². The molecular weight excluding hydrogens is 214 g/mol. The molecule has 84 valence electrons. The van der Waals surface area contributed by atoms with Crippen LogP contribution in [0, 0.1) is 5.92 Å². The van der Waals surface area contributed by atoms with Crippen molar-refractivity contribution in [1.82, 2.24) is 9.78 Å². The summed E-state index contributed by atoms with van der Waals surface area (Å²) in [5, 5.41) is 4.03. The molecule has 1 aliphatic rings. The van der Waals surface area contributed by atoms with Gasteiger partial charge in [-0.25, -0.2) is 8.42 Å². The number of nitrogens with zero attached hydrogens (tertiary/aromatic N) is 2. The molecule has 0 saturated heterocycles. The van der Waals surface area contributed by atoms with Crippen molar-refractivity contribution in [2.45, 2.75) is 30.3 Å². The summed E-state index contributed by atoms with van der Waals surface area (Å²) in [6.07, 6.45) is 6.18. The molecule has 0 atom stereocenters. The van der Waals surface area contributed by atoms with Gasteiger partial charge < -0.3 is 5.73 Å². The zero-order valence-electron chi connectivity index (χ0n) is 8.63. The van der Waals surface area contributed by atoms with E-state index in [-0.39, 0.29) is 4.90 Å². The Balaban J connectivity index is 2.02. The Morgan fingerprint density at radius 2 is 2.27 bits per heavy atom. The molecule has 1 heterocycles. The van der Waals surface area contributed by atoms with E-state index in [4.69, 9.17) is 5.73 Å². The van der Waals surface area contributed by atoms with Gasteiger partial charge in [0.25, 0.3) is 0 Å². The highest BCUT2D eigenvalue weighted by molar-refractivity contribution is 7.90. The quantitative estimate of drug-likeness (QED) is 0.792. The van der Waals surface area contributed by atoms with Crippen LogP contribution in [0.15, 0.2) is 17.3 Å². The summed E-state index contributed by atoms with van der Waals surface area (Å²) in [6.45, 7) is 0.767. The third-order valence-corrected chi connectivity index (χ3v) is 3.82. The molecule has 0 radical (unpaired) electrons. The second kappa shape index (κ2) is 3.61. The summed E-state index contributed by atoms with van der Waals surface area (Å²) in [7, 11) is -3.13. The largest absolute Gasteiger partial charge is 0.328 e. The lowest BCUT2D eigenvalue weighted by molar-refractivity contribution is 0.227. The number of rotatable bonds is 3. The fourth-order valence-corrected chi connectivity index (χ4v) is 2.39. The third-order valence-electron chi connectivity index (χ3n) is 2.76. The number of sulfone groups is 1. The summed E-state index contributed by atoms with van der Waals surface area (Å²) in [5.74, 6) is 0.548. The molecule has 0 unspecified atom stereocenters. The van der Waals surface area contributed by atoms with Gasteiger partial charge in [-0.15, -0.1) is 0 Å². The van der Waals surface area contributed by atoms with Crippen molar-refractivity contribution in [3.8, 4) is 0 Å². The van der Waals surface area contributed by atoms with Crippen molar-refractivity contribution < 1.29 is 8.42 Å². The summed E-state index contributed by atoms with van der Waals surface area (Å²) in [6, 6.07) is 0.319. The Bertz CT molecular complexity index is 446. The van der Waals surface area contributed by atoms with Crippen molar-refractivity contribution in [1.29, 1.82) is 0 Å². The van der Waals surface area contributed by atoms with E-state index in [2.05, 4.69) is 5.10 Å². The maximum Gasteiger partial charge on any atom is 0.178 e. The van der Waals surface area contributed by atoms with Gasteiger partial charge in [-0.1, -0.05) is 0 Å². The van der Waals surface area contributed by atoms with Crippen LogP contribution < -0.4 is 5.73 Å². The molecule has 0 spiro atoms. The van der Waals surface area contributed by atoms with Gasteiger partial charge in [0, 0.05) is 25.0 Å². The molecule has 6 heteroatoms. The first-order chi connectivity index (χ1) is 6.95. The standard InChI is InChI=1S/C9H15N3O2S/c1-15(13,14)9-4-11-12(6-9)5-7-2-8(10)3-7/h4,6-8H,2-3,5,10H2,1H3. The van der Waals surface area contributed by atoms with Crippen molar-refractivity contribution >= 4 is 9.84 Å². The van der Waals surface area contributed by atoms with E-state index >= 15 is 0 Å². The molecule has 0 aliphatic heterocycles. The first kappa shape index (κ1) is 10.6. The van der Waals surface area contributed by atoms with Crippen molar-refractivity contribution in [3.63, 3.8) is 0 Å². The molecule has 0 bridgehead atoms. The normalized spacial score (nSPS) is 26.3. The van der Waals surface area contributed by atoms with Gasteiger partial charge in [-0.05, 0) is 18.8 Å². The number of hydrogen-bond donors (Lipinski definition) is 1. The Morgan fingerprint density at radius 1 is 1.60 bits per heavy atom. The second-order valence-corrected chi connectivity index (χ2v) is 6.28.